The molecule has 0 radical (unpaired) electrons. The molecule has 0 aliphatic heterocycles. The van der Waals surface area contributed by atoms with Gasteiger partial charge in [-0.1, -0.05) is 13.2 Å². The minimum absolute atomic E-state index is 1.11. The summed E-state index contributed by atoms with van der Waals surface area (Å²) in [6, 6.07) is 8.89. The van der Waals surface area contributed by atoms with Crippen molar-refractivity contribution in [2.45, 2.75) is 32.5 Å². The molecule has 2 nitrogen and oxygen atoms in total. The van der Waals surface area contributed by atoms with E-state index < -0.39 is 0 Å². The summed E-state index contributed by atoms with van der Waals surface area (Å²) < 4.78 is 4.35. The average Bonchev–Trinajstić information content (AvgIpc) is 2.46. The van der Waals surface area contributed by atoms with Crippen molar-refractivity contribution in [3.05, 3.63) is 60.2 Å². The van der Waals surface area contributed by atoms with Crippen molar-refractivity contribution in [3.8, 4) is 0 Å². The average molecular weight is 254 g/mol. The molecule has 0 N–H and O–H groups in total. The fourth-order valence-electron chi connectivity index (χ4n) is 2.13. The van der Waals surface area contributed by atoms with Crippen LogP contribution in [0.25, 0.3) is 0 Å². The zero-order chi connectivity index (χ0) is 13.5. The van der Waals surface area contributed by atoms with Crippen LogP contribution in [-0.4, -0.2) is 7.28 Å². The number of rotatable bonds is 6. The Morgan fingerprint density at radius 3 is 1.95 bits per heavy atom. The molecule has 3 heteroatoms. The molecule has 0 aliphatic rings. The third-order valence-corrected chi connectivity index (χ3v) is 3.48. The summed E-state index contributed by atoms with van der Waals surface area (Å²) in [5.74, 6) is 0. The summed E-state index contributed by atoms with van der Waals surface area (Å²) >= 11 is 0. The van der Waals surface area contributed by atoms with Gasteiger partial charge >= 0.3 is 0 Å². The summed E-state index contributed by atoms with van der Waals surface area (Å²) in [5.41, 5.74) is 2.82. The zero-order valence-corrected chi connectivity index (χ0v) is 12.0. The van der Waals surface area contributed by atoms with Gasteiger partial charge in [0.15, 0.2) is 24.8 Å². The second-order valence-corrected chi connectivity index (χ2v) is 5.17. The molecule has 2 aromatic rings. The summed E-state index contributed by atoms with van der Waals surface area (Å²) in [6.07, 6.45) is 13.2. The molecular weight excluding hydrogens is 231 g/mol. The Balaban J connectivity index is 1.87. The summed E-state index contributed by atoms with van der Waals surface area (Å²) in [4.78, 5) is 0. The summed E-state index contributed by atoms with van der Waals surface area (Å²) in [7, 11) is 3.31. The van der Waals surface area contributed by atoms with E-state index in [1.54, 1.807) is 0 Å². The van der Waals surface area contributed by atoms with Crippen LogP contribution in [0.3, 0.4) is 0 Å². The van der Waals surface area contributed by atoms with Crippen LogP contribution in [0.5, 0.6) is 0 Å². The van der Waals surface area contributed by atoms with Crippen molar-refractivity contribution >= 4 is 7.28 Å². The van der Waals surface area contributed by atoms with E-state index in [9.17, 15) is 0 Å². The van der Waals surface area contributed by atoms with Crippen molar-refractivity contribution in [3.63, 3.8) is 0 Å². The normalized spacial score (nSPS) is 10.4. The standard InChI is InChI=1S/C16H23BN2/c1-3-17-14-19-12-8-16(9-13-19)5-4-15-6-10-18(2)11-7-15/h6-13,17H,3-5,14H2,1-2H3/q+2. The van der Waals surface area contributed by atoms with Gasteiger partial charge in [0.1, 0.15) is 13.5 Å². The Morgan fingerprint density at radius 1 is 0.895 bits per heavy atom. The number of pyridine rings is 2. The molecule has 0 amide bonds. The van der Waals surface area contributed by atoms with Crippen LogP contribution in [0.1, 0.15) is 18.1 Å². The number of nitrogens with zero attached hydrogens (tertiary/aromatic N) is 2. The Kier molecular flexibility index (Phi) is 5.14. The molecule has 0 aromatic carbocycles. The van der Waals surface area contributed by atoms with Crippen molar-refractivity contribution in [1.82, 2.24) is 0 Å². The Hall–Kier alpha value is -1.64. The molecule has 0 saturated heterocycles. The first-order chi connectivity index (χ1) is 9.28. The van der Waals surface area contributed by atoms with Gasteiger partial charge in [0, 0.05) is 24.3 Å². The second kappa shape index (κ2) is 7.08. The van der Waals surface area contributed by atoms with Crippen molar-refractivity contribution < 1.29 is 9.13 Å². The first-order valence-electron chi connectivity index (χ1n) is 7.20. The lowest BCUT2D eigenvalue weighted by atomic mass is 9.75. The van der Waals surface area contributed by atoms with Crippen LogP contribution < -0.4 is 9.13 Å². The monoisotopic (exact) mass is 254 g/mol. The molecule has 0 bridgehead atoms. The van der Waals surface area contributed by atoms with Gasteiger partial charge in [-0.15, -0.1) is 0 Å². The number of hydrogen-bond acceptors (Lipinski definition) is 0. The van der Waals surface area contributed by atoms with Gasteiger partial charge in [-0.3, -0.25) is 0 Å². The zero-order valence-electron chi connectivity index (χ0n) is 12.0. The predicted molar refractivity (Wildman–Crippen MR) is 79.3 cm³/mol. The smallest absolute Gasteiger partial charge is 0.205 e. The molecular formula is C16H23BN2+2. The molecule has 0 spiro atoms. The highest BCUT2D eigenvalue weighted by Gasteiger charge is 2.02. The molecule has 19 heavy (non-hydrogen) atoms. The van der Waals surface area contributed by atoms with Crippen LogP contribution in [0.4, 0.5) is 0 Å². The number of hydrogen-bond donors (Lipinski definition) is 0. The highest BCUT2D eigenvalue weighted by Crippen LogP contribution is 2.04. The molecule has 2 rings (SSSR count). The molecule has 2 aromatic heterocycles. The Morgan fingerprint density at radius 2 is 1.42 bits per heavy atom. The maximum absolute atomic E-state index is 2.27. The third kappa shape index (κ3) is 4.51. The highest BCUT2D eigenvalue weighted by molar-refractivity contribution is 6.32. The molecule has 0 atom stereocenters. The van der Waals surface area contributed by atoms with E-state index in [1.165, 1.54) is 24.7 Å². The van der Waals surface area contributed by atoms with E-state index in [0.29, 0.717) is 0 Å². The predicted octanol–water partition coefficient (Wildman–Crippen LogP) is 1.42. The lowest BCUT2D eigenvalue weighted by Crippen LogP contribution is -2.35. The minimum atomic E-state index is 1.11. The molecule has 0 fully saturated rings. The van der Waals surface area contributed by atoms with E-state index in [0.717, 1.165) is 19.3 Å². The first kappa shape index (κ1) is 13.8. The van der Waals surface area contributed by atoms with Gasteiger partial charge in [0.25, 0.3) is 0 Å². The van der Waals surface area contributed by atoms with Gasteiger partial charge in [0.2, 0.25) is 7.28 Å². The second-order valence-electron chi connectivity index (χ2n) is 5.17. The first-order valence-corrected chi connectivity index (χ1v) is 7.20. The fourth-order valence-corrected chi connectivity index (χ4v) is 2.13. The van der Waals surface area contributed by atoms with Crippen molar-refractivity contribution in [1.29, 1.82) is 0 Å². The maximum atomic E-state index is 2.27. The SMILES string of the molecule is CCBC[n+]1ccc(CCc2cc[n+](C)cc2)cc1. The molecule has 0 saturated carbocycles. The van der Waals surface area contributed by atoms with Crippen LogP contribution in [0.15, 0.2) is 49.1 Å². The molecule has 98 valence electrons. The summed E-state index contributed by atoms with van der Waals surface area (Å²) in [5, 5.41) is 0. The van der Waals surface area contributed by atoms with Crippen LogP contribution in [0, 0.1) is 0 Å². The van der Waals surface area contributed by atoms with E-state index in [1.807, 2.05) is 0 Å². The minimum Gasteiger partial charge on any atom is -0.214 e. The van der Waals surface area contributed by atoms with E-state index >= 15 is 0 Å². The molecule has 0 unspecified atom stereocenters. The van der Waals surface area contributed by atoms with Gasteiger partial charge in [-0.25, -0.2) is 9.13 Å². The van der Waals surface area contributed by atoms with E-state index in [2.05, 4.69) is 72.2 Å². The molecule has 2 heterocycles. The third-order valence-electron chi connectivity index (χ3n) is 3.48. The van der Waals surface area contributed by atoms with E-state index in [-0.39, 0.29) is 0 Å². The van der Waals surface area contributed by atoms with Gasteiger partial charge < -0.3 is 0 Å². The number of aryl methyl sites for hydroxylation is 3. The Labute approximate surface area is 117 Å². The van der Waals surface area contributed by atoms with Gasteiger partial charge in [-0.05, 0) is 24.0 Å². The van der Waals surface area contributed by atoms with Gasteiger partial charge in [-0.2, -0.15) is 0 Å². The Bertz CT molecular complexity index is 491. The van der Waals surface area contributed by atoms with E-state index in [4.69, 9.17) is 0 Å². The largest absolute Gasteiger partial charge is 0.214 e. The fraction of sp³-hybridized carbons (Fsp3) is 0.375. The van der Waals surface area contributed by atoms with Crippen LogP contribution in [0.2, 0.25) is 6.32 Å². The lowest BCUT2D eigenvalue weighted by molar-refractivity contribution is -0.679. The number of aromatic nitrogens is 2. The topological polar surface area (TPSA) is 7.76 Å². The summed E-state index contributed by atoms with van der Waals surface area (Å²) in [6.45, 7) is 2.23. The van der Waals surface area contributed by atoms with Crippen molar-refractivity contribution in [2.75, 3.05) is 0 Å². The van der Waals surface area contributed by atoms with Crippen molar-refractivity contribution in [2.24, 2.45) is 7.05 Å². The quantitative estimate of drug-likeness (QED) is 0.544. The lowest BCUT2D eigenvalue weighted by Gasteiger charge is -2.01. The van der Waals surface area contributed by atoms with Crippen LogP contribution >= 0.6 is 0 Å². The highest BCUT2D eigenvalue weighted by atomic mass is 14.9. The molecule has 0 aliphatic carbocycles. The van der Waals surface area contributed by atoms with Crippen LogP contribution in [-0.2, 0) is 26.3 Å². The maximum Gasteiger partial charge on any atom is 0.205 e. The van der Waals surface area contributed by atoms with Gasteiger partial charge in [0.05, 0.1) is 0 Å².